The van der Waals surface area contributed by atoms with Crippen molar-refractivity contribution in [3.63, 3.8) is 0 Å². The van der Waals surface area contributed by atoms with Crippen LogP contribution >= 0.6 is 0 Å². The molecule has 0 bridgehead atoms. The summed E-state index contributed by atoms with van der Waals surface area (Å²) in [5, 5.41) is 0. The van der Waals surface area contributed by atoms with Gasteiger partial charge < -0.3 is 0 Å². The molecule has 0 saturated carbocycles. The van der Waals surface area contributed by atoms with Gasteiger partial charge >= 0.3 is 0 Å². The second kappa shape index (κ2) is 2.91. The Morgan fingerprint density at radius 2 is 1.44 bits per heavy atom. The minimum atomic E-state index is -1.16. The van der Waals surface area contributed by atoms with Gasteiger partial charge in [0, 0.05) is 0 Å². The van der Waals surface area contributed by atoms with Gasteiger partial charge in [-0.05, 0) is 0 Å². The summed E-state index contributed by atoms with van der Waals surface area (Å²) in [6.45, 7) is 6.67. The third-order valence-electron chi connectivity index (χ3n) is 1.04. The summed E-state index contributed by atoms with van der Waals surface area (Å²) < 4.78 is 0. The molecule has 0 fully saturated rings. The third-order valence-corrected chi connectivity index (χ3v) is 8.48. The second-order valence-electron chi connectivity index (χ2n) is 2.91. The van der Waals surface area contributed by atoms with Gasteiger partial charge in [0.05, 0.1) is 7.59 Å². The van der Waals surface area contributed by atoms with Crippen molar-refractivity contribution in [2.45, 2.75) is 19.6 Å². The second-order valence-corrected chi connectivity index (χ2v) is 14.7. The van der Waals surface area contributed by atoms with Gasteiger partial charge in [0.25, 0.3) is 0 Å². The van der Waals surface area contributed by atoms with Gasteiger partial charge in [-0.2, -0.15) is 0 Å². The number of hydrogen-bond acceptors (Lipinski definition) is 0. The molecule has 0 atom stereocenters. The molecular formula is C7H11Si2. The molecule has 9 heavy (non-hydrogen) atoms. The van der Waals surface area contributed by atoms with E-state index >= 15 is 0 Å². The number of hydrogen-bond donors (Lipinski definition) is 0. The molecule has 0 unspecified atom stereocenters. The quantitative estimate of drug-likeness (QED) is 0.304. The number of terminal acetylenes is 2. The van der Waals surface area contributed by atoms with Crippen LogP contribution < -0.4 is 0 Å². The summed E-state index contributed by atoms with van der Waals surface area (Å²) in [4.78, 5) is 0. The highest BCUT2D eigenvalue weighted by Gasteiger charge is 2.25. The first-order valence-electron chi connectivity index (χ1n) is 2.83. The molecule has 0 saturated heterocycles. The Morgan fingerprint density at radius 3 is 1.44 bits per heavy atom. The zero-order valence-corrected chi connectivity index (χ0v) is 8.15. The molecule has 0 spiro atoms. The molecule has 47 valence electrons. The van der Waals surface area contributed by atoms with Crippen molar-refractivity contribution in [1.29, 1.82) is 0 Å². The van der Waals surface area contributed by atoms with Gasteiger partial charge in [-0.1, -0.05) is 19.6 Å². The molecular weight excluding hydrogens is 144 g/mol. The lowest BCUT2D eigenvalue weighted by atomic mass is 11.8. The van der Waals surface area contributed by atoms with Gasteiger partial charge in [0.15, 0.2) is 0 Å². The molecule has 0 nitrogen and oxygen atoms in total. The standard InChI is InChI=1S/C7H11Si2/c1-6-8(7-2)9(3,4)5/h1-2H,3-5H3/i1+1,2+1,6+1,7+1. The summed E-state index contributed by atoms with van der Waals surface area (Å²) in [7, 11) is -2.00. The lowest BCUT2D eigenvalue weighted by Gasteiger charge is -2.15. The van der Waals surface area contributed by atoms with E-state index in [0.717, 1.165) is 0 Å². The van der Waals surface area contributed by atoms with E-state index in [9.17, 15) is 0 Å². The van der Waals surface area contributed by atoms with E-state index in [1.54, 1.807) is 0 Å². The van der Waals surface area contributed by atoms with Crippen molar-refractivity contribution in [2.75, 3.05) is 0 Å². The van der Waals surface area contributed by atoms with E-state index in [1.807, 2.05) is 0 Å². The Balaban J connectivity index is 4.23. The van der Waals surface area contributed by atoms with Gasteiger partial charge in [-0.25, -0.2) is 0 Å². The molecule has 0 N–H and O–H groups in total. The van der Waals surface area contributed by atoms with Crippen molar-refractivity contribution >= 4 is 15.9 Å². The Labute approximate surface area is 60.1 Å². The molecule has 0 aliphatic rings. The van der Waals surface area contributed by atoms with Gasteiger partial charge in [-0.15, -0.1) is 23.9 Å². The normalized spacial score (nSPS) is 10.4. The molecule has 0 aliphatic heterocycles. The van der Waals surface area contributed by atoms with E-state index in [4.69, 9.17) is 12.8 Å². The highest BCUT2D eigenvalue weighted by Crippen LogP contribution is 2.03. The van der Waals surface area contributed by atoms with Crippen molar-refractivity contribution in [2.24, 2.45) is 0 Å². The molecule has 0 heterocycles. The van der Waals surface area contributed by atoms with Gasteiger partial charge in [0.2, 0.25) is 8.31 Å². The van der Waals surface area contributed by atoms with E-state index in [-0.39, 0.29) is 0 Å². The predicted octanol–water partition coefficient (Wildman–Crippen LogP) is 1.24. The van der Waals surface area contributed by atoms with Crippen LogP contribution in [0.25, 0.3) is 0 Å². The Hall–Kier alpha value is -0.446. The molecule has 0 aromatic rings. The van der Waals surface area contributed by atoms with Crippen LogP contribution in [-0.4, -0.2) is 15.9 Å². The SMILES string of the molecule is C[Si](C)(C)[Si]([13C]#[13CH])[13C]#[13CH]. The smallest absolute Gasteiger partial charge is 0.127 e. The highest BCUT2D eigenvalue weighted by molar-refractivity contribution is 7.37. The molecule has 0 aromatic heterocycles. The van der Waals surface area contributed by atoms with Crippen LogP contribution in [0, 0.1) is 23.9 Å². The fourth-order valence-corrected chi connectivity index (χ4v) is 4.02. The molecule has 0 aliphatic carbocycles. The minimum absolute atomic E-state index is 0.844. The van der Waals surface area contributed by atoms with Crippen molar-refractivity contribution in [3.8, 4) is 23.9 Å². The van der Waals surface area contributed by atoms with E-state index < -0.39 is 15.9 Å². The Kier molecular flexibility index (Phi) is 2.77. The maximum absolute atomic E-state index is 5.26. The first-order chi connectivity index (χ1) is 4.02. The highest BCUT2D eigenvalue weighted by atomic mass is 29.2. The van der Waals surface area contributed by atoms with E-state index in [0.29, 0.717) is 0 Å². The summed E-state index contributed by atoms with van der Waals surface area (Å²) in [5.74, 6) is 0. The largest absolute Gasteiger partial charge is 0.219 e. The fraction of sp³-hybridized carbons (Fsp3) is 0.429. The summed E-state index contributed by atoms with van der Waals surface area (Å²) in [6.07, 6.45) is 10.5. The first kappa shape index (κ1) is 8.55. The van der Waals surface area contributed by atoms with Crippen LogP contribution in [0.15, 0.2) is 0 Å². The molecule has 0 amide bonds. The first-order valence-corrected chi connectivity index (χ1v) is 8.83. The van der Waals surface area contributed by atoms with E-state index in [2.05, 4.69) is 30.7 Å². The van der Waals surface area contributed by atoms with Gasteiger partial charge in [0.1, 0.15) is 0 Å². The average molecular weight is 155 g/mol. The summed E-state index contributed by atoms with van der Waals surface area (Å²) in [6, 6.07) is 0. The lowest BCUT2D eigenvalue weighted by Crippen LogP contribution is -2.40. The maximum atomic E-state index is 5.26. The van der Waals surface area contributed by atoms with Crippen LogP contribution in [0.2, 0.25) is 19.6 Å². The molecule has 0 rings (SSSR count). The van der Waals surface area contributed by atoms with Crippen molar-refractivity contribution < 1.29 is 0 Å². The Morgan fingerprint density at radius 1 is 1.11 bits per heavy atom. The van der Waals surface area contributed by atoms with Crippen LogP contribution in [0.4, 0.5) is 0 Å². The number of rotatable bonds is 1. The van der Waals surface area contributed by atoms with E-state index in [1.165, 1.54) is 0 Å². The molecule has 2 heteroatoms. The summed E-state index contributed by atoms with van der Waals surface area (Å²) >= 11 is 0. The minimum Gasteiger partial charge on any atom is -0.127 e. The monoisotopic (exact) mass is 155 g/mol. The third kappa shape index (κ3) is 2.55. The molecule has 1 radical (unpaired) electrons. The van der Waals surface area contributed by atoms with Crippen molar-refractivity contribution in [1.82, 2.24) is 0 Å². The predicted molar refractivity (Wildman–Crippen MR) is 46.8 cm³/mol. The molecule has 0 aromatic carbocycles. The zero-order chi connectivity index (χ0) is 7.49. The van der Waals surface area contributed by atoms with Crippen LogP contribution in [-0.2, 0) is 0 Å². The maximum Gasteiger partial charge on any atom is 0.219 e. The van der Waals surface area contributed by atoms with Gasteiger partial charge in [-0.3, -0.25) is 0 Å². The zero-order valence-electron chi connectivity index (χ0n) is 6.15. The summed E-state index contributed by atoms with van der Waals surface area (Å²) in [5.41, 5.74) is 5.44. The lowest BCUT2D eigenvalue weighted by molar-refractivity contribution is 1.85. The fourth-order valence-electron chi connectivity index (χ4n) is 0.475. The van der Waals surface area contributed by atoms with Crippen LogP contribution in [0.5, 0.6) is 0 Å². The van der Waals surface area contributed by atoms with Crippen molar-refractivity contribution in [3.05, 3.63) is 0 Å². The topological polar surface area (TPSA) is 0 Å². The average Bonchev–Trinajstić information content (AvgIpc) is 1.65. The van der Waals surface area contributed by atoms with Crippen LogP contribution in [0.3, 0.4) is 0 Å². The van der Waals surface area contributed by atoms with Crippen LogP contribution in [0.1, 0.15) is 0 Å². The Bertz CT molecular complexity index is 149.